The van der Waals surface area contributed by atoms with Gasteiger partial charge >= 0.3 is 0 Å². The van der Waals surface area contributed by atoms with Crippen LogP contribution in [0.2, 0.25) is 0 Å². The van der Waals surface area contributed by atoms with E-state index in [2.05, 4.69) is 17.3 Å². The number of anilines is 2. The molecule has 0 saturated carbocycles. The van der Waals surface area contributed by atoms with E-state index in [0.717, 1.165) is 24.1 Å². The highest BCUT2D eigenvalue weighted by atomic mass is 16.2. The van der Waals surface area contributed by atoms with Crippen LogP contribution in [0.5, 0.6) is 0 Å². The first-order chi connectivity index (χ1) is 9.65. The Labute approximate surface area is 118 Å². The molecule has 0 atom stereocenters. The van der Waals surface area contributed by atoms with Crippen LogP contribution in [0.25, 0.3) is 0 Å². The molecule has 1 aromatic carbocycles. The lowest BCUT2D eigenvalue weighted by molar-refractivity contribution is 0.102. The van der Waals surface area contributed by atoms with Crippen LogP contribution in [0.3, 0.4) is 0 Å². The van der Waals surface area contributed by atoms with Gasteiger partial charge in [0.2, 0.25) is 0 Å². The average molecular weight is 272 g/mol. The molecule has 3 N–H and O–H groups in total. The van der Waals surface area contributed by atoms with Crippen molar-refractivity contribution in [1.82, 2.24) is 9.78 Å². The van der Waals surface area contributed by atoms with Gasteiger partial charge in [0.15, 0.2) is 5.69 Å². The molecule has 0 unspecified atom stereocenters. The number of amides is 1. The van der Waals surface area contributed by atoms with Gasteiger partial charge in [-0.05, 0) is 25.0 Å². The highest BCUT2D eigenvalue weighted by Gasteiger charge is 2.15. The van der Waals surface area contributed by atoms with Crippen molar-refractivity contribution in [2.45, 2.75) is 33.2 Å². The Balaban J connectivity index is 2.21. The topological polar surface area (TPSA) is 72.9 Å². The van der Waals surface area contributed by atoms with Gasteiger partial charge in [0.1, 0.15) is 0 Å². The van der Waals surface area contributed by atoms with Gasteiger partial charge in [-0.2, -0.15) is 5.10 Å². The molecule has 0 aliphatic rings. The minimum absolute atomic E-state index is 0.266. The molecule has 0 saturated heterocycles. The summed E-state index contributed by atoms with van der Waals surface area (Å²) >= 11 is 0. The maximum atomic E-state index is 12.3. The van der Waals surface area contributed by atoms with Crippen LogP contribution in [0.1, 0.15) is 36.3 Å². The first-order valence-electron chi connectivity index (χ1n) is 6.87. The summed E-state index contributed by atoms with van der Waals surface area (Å²) in [5, 5.41) is 7.07. The summed E-state index contributed by atoms with van der Waals surface area (Å²) < 4.78 is 1.65. The molecule has 0 bridgehead atoms. The van der Waals surface area contributed by atoms with Crippen molar-refractivity contribution in [3.63, 3.8) is 0 Å². The number of nitrogens with two attached hydrogens (primary N) is 1. The number of para-hydroxylation sites is 1. The zero-order chi connectivity index (χ0) is 14.5. The van der Waals surface area contributed by atoms with Gasteiger partial charge < -0.3 is 11.1 Å². The lowest BCUT2D eigenvalue weighted by atomic mass is 10.1. The summed E-state index contributed by atoms with van der Waals surface area (Å²) in [5.41, 5.74) is 8.45. The van der Waals surface area contributed by atoms with E-state index in [1.165, 1.54) is 0 Å². The lowest BCUT2D eigenvalue weighted by Gasteiger charge is -2.09. The van der Waals surface area contributed by atoms with Gasteiger partial charge in [-0.1, -0.05) is 31.5 Å². The number of rotatable bonds is 5. The molecule has 5 heteroatoms. The van der Waals surface area contributed by atoms with Crippen LogP contribution in [0.15, 0.2) is 30.5 Å². The van der Waals surface area contributed by atoms with Crippen LogP contribution in [-0.2, 0) is 13.0 Å². The Morgan fingerprint density at radius 2 is 2.10 bits per heavy atom. The second kappa shape index (κ2) is 6.23. The molecule has 1 aromatic heterocycles. The molecular formula is C15H20N4O. The number of aryl methyl sites for hydroxylation is 2. The number of hydrogen-bond acceptors (Lipinski definition) is 3. The van der Waals surface area contributed by atoms with E-state index in [9.17, 15) is 4.79 Å². The van der Waals surface area contributed by atoms with Gasteiger partial charge in [-0.3, -0.25) is 9.48 Å². The Hall–Kier alpha value is -2.30. The molecule has 2 aromatic rings. The van der Waals surface area contributed by atoms with Crippen molar-refractivity contribution in [3.05, 3.63) is 41.7 Å². The van der Waals surface area contributed by atoms with Gasteiger partial charge in [-0.15, -0.1) is 0 Å². The minimum atomic E-state index is -0.266. The fraction of sp³-hybridized carbons (Fsp3) is 0.333. The van der Waals surface area contributed by atoms with Gasteiger partial charge in [0, 0.05) is 18.4 Å². The molecule has 0 fully saturated rings. The summed E-state index contributed by atoms with van der Waals surface area (Å²) in [5.74, 6) is -0.266. The minimum Gasteiger partial charge on any atom is -0.396 e. The normalized spacial score (nSPS) is 10.5. The Kier molecular flexibility index (Phi) is 4.40. The van der Waals surface area contributed by atoms with Crippen LogP contribution >= 0.6 is 0 Å². The van der Waals surface area contributed by atoms with Crippen molar-refractivity contribution in [1.29, 1.82) is 0 Å². The highest BCUT2D eigenvalue weighted by molar-refractivity contribution is 6.06. The molecule has 2 rings (SSSR count). The third-order valence-corrected chi connectivity index (χ3v) is 3.11. The molecule has 5 nitrogen and oxygen atoms in total. The van der Waals surface area contributed by atoms with E-state index in [1.807, 2.05) is 31.2 Å². The molecule has 0 aliphatic heterocycles. The number of nitrogens with zero attached hydrogens (tertiary/aromatic N) is 2. The predicted molar refractivity (Wildman–Crippen MR) is 80.7 cm³/mol. The summed E-state index contributed by atoms with van der Waals surface area (Å²) in [6.07, 6.45) is 3.63. The second-order valence-corrected chi connectivity index (χ2v) is 4.65. The maximum Gasteiger partial charge on any atom is 0.278 e. The van der Waals surface area contributed by atoms with Crippen molar-refractivity contribution in [2.75, 3.05) is 11.1 Å². The number of hydrogen-bond donors (Lipinski definition) is 2. The average Bonchev–Trinajstić information content (AvgIpc) is 2.82. The summed E-state index contributed by atoms with van der Waals surface area (Å²) in [7, 11) is 0. The Morgan fingerprint density at radius 1 is 1.35 bits per heavy atom. The number of aromatic nitrogens is 2. The fourth-order valence-corrected chi connectivity index (χ4v) is 2.09. The molecule has 1 heterocycles. The monoisotopic (exact) mass is 272 g/mol. The third kappa shape index (κ3) is 2.99. The molecule has 0 radical (unpaired) electrons. The second-order valence-electron chi connectivity index (χ2n) is 4.65. The van der Waals surface area contributed by atoms with Crippen LogP contribution in [-0.4, -0.2) is 15.7 Å². The predicted octanol–water partition coefficient (Wildman–Crippen LogP) is 2.69. The van der Waals surface area contributed by atoms with Crippen molar-refractivity contribution in [2.24, 2.45) is 0 Å². The van der Waals surface area contributed by atoms with E-state index in [0.29, 0.717) is 12.2 Å². The Morgan fingerprint density at radius 3 is 2.75 bits per heavy atom. The highest BCUT2D eigenvalue weighted by Crippen LogP contribution is 2.19. The lowest BCUT2D eigenvalue weighted by Crippen LogP contribution is -2.16. The number of nitrogen functional groups attached to an aromatic ring is 1. The first-order valence-corrected chi connectivity index (χ1v) is 6.87. The SMILES string of the molecule is CCCc1ccccc1NC(=O)c1nn(CC)cc1N. The summed E-state index contributed by atoms with van der Waals surface area (Å²) in [6.45, 7) is 4.74. The standard InChI is InChI=1S/C15H20N4O/c1-3-7-11-8-5-6-9-13(11)17-15(20)14-12(16)10-19(4-2)18-14/h5-6,8-10H,3-4,7,16H2,1-2H3,(H,17,20). The van der Waals surface area contributed by atoms with E-state index in [4.69, 9.17) is 5.73 Å². The quantitative estimate of drug-likeness (QED) is 0.879. The largest absolute Gasteiger partial charge is 0.396 e. The van der Waals surface area contributed by atoms with Crippen molar-refractivity contribution < 1.29 is 4.79 Å². The fourth-order valence-electron chi connectivity index (χ4n) is 2.09. The molecule has 1 amide bonds. The zero-order valence-corrected chi connectivity index (χ0v) is 11.9. The van der Waals surface area contributed by atoms with Gasteiger partial charge in [0.05, 0.1) is 5.69 Å². The van der Waals surface area contributed by atoms with Crippen LogP contribution in [0, 0.1) is 0 Å². The Bertz CT molecular complexity index is 604. The smallest absolute Gasteiger partial charge is 0.278 e. The molecule has 20 heavy (non-hydrogen) atoms. The number of carbonyl (C=O) groups is 1. The summed E-state index contributed by atoms with van der Waals surface area (Å²) in [4.78, 5) is 12.3. The molecule has 106 valence electrons. The maximum absolute atomic E-state index is 12.3. The van der Waals surface area contributed by atoms with Gasteiger partial charge in [-0.25, -0.2) is 0 Å². The number of carbonyl (C=O) groups excluding carboxylic acids is 1. The zero-order valence-electron chi connectivity index (χ0n) is 11.9. The van der Waals surface area contributed by atoms with Gasteiger partial charge in [0.25, 0.3) is 5.91 Å². The van der Waals surface area contributed by atoms with Crippen molar-refractivity contribution >= 4 is 17.3 Å². The van der Waals surface area contributed by atoms with E-state index < -0.39 is 0 Å². The molecule has 0 spiro atoms. The third-order valence-electron chi connectivity index (χ3n) is 3.11. The number of nitrogens with one attached hydrogen (secondary N) is 1. The van der Waals surface area contributed by atoms with E-state index in [-0.39, 0.29) is 11.6 Å². The van der Waals surface area contributed by atoms with E-state index in [1.54, 1.807) is 10.9 Å². The van der Waals surface area contributed by atoms with E-state index >= 15 is 0 Å². The van der Waals surface area contributed by atoms with Crippen molar-refractivity contribution in [3.8, 4) is 0 Å². The number of benzene rings is 1. The molecular weight excluding hydrogens is 252 g/mol. The molecule has 0 aliphatic carbocycles. The first kappa shape index (κ1) is 14.1. The van der Waals surface area contributed by atoms with Crippen LogP contribution < -0.4 is 11.1 Å². The summed E-state index contributed by atoms with van der Waals surface area (Å²) in [6, 6.07) is 7.80. The van der Waals surface area contributed by atoms with Crippen LogP contribution in [0.4, 0.5) is 11.4 Å².